The van der Waals surface area contributed by atoms with Crippen molar-refractivity contribution in [1.82, 2.24) is 4.57 Å². The second-order valence-corrected chi connectivity index (χ2v) is 9.27. The predicted octanol–water partition coefficient (Wildman–Crippen LogP) is 6.46. The van der Waals surface area contributed by atoms with E-state index in [9.17, 15) is 14.7 Å². The second-order valence-electron chi connectivity index (χ2n) is 8.24. The Bertz CT molecular complexity index is 1420. The lowest BCUT2D eigenvalue weighted by Gasteiger charge is -2.10. The van der Waals surface area contributed by atoms with Gasteiger partial charge in [-0.15, -0.1) is 0 Å². The first-order valence-corrected chi connectivity index (χ1v) is 12.8. The number of benzene rings is 2. The molecule has 2 aromatic carbocycles. The third-order valence-corrected chi connectivity index (χ3v) is 6.77. The van der Waals surface area contributed by atoms with E-state index in [0.29, 0.717) is 27.8 Å². The molecule has 0 aliphatic carbocycles. The van der Waals surface area contributed by atoms with Crippen molar-refractivity contribution in [3.63, 3.8) is 0 Å². The van der Waals surface area contributed by atoms with Gasteiger partial charge in [-0.2, -0.15) is 0 Å². The van der Waals surface area contributed by atoms with Crippen LogP contribution in [0.5, 0.6) is 0 Å². The van der Waals surface area contributed by atoms with E-state index in [1.165, 1.54) is 11.8 Å². The molecule has 0 bridgehead atoms. The van der Waals surface area contributed by atoms with Crippen molar-refractivity contribution in [3.8, 4) is 5.69 Å². The van der Waals surface area contributed by atoms with Crippen LogP contribution in [0, 0.1) is 13.8 Å². The molecule has 0 fully saturated rings. The van der Waals surface area contributed by atoms with E-state index in [0.717, 1.165) is 22.6 Å². The topological polar surface area (TPSA) is 90.1 Å². The molecule has 0 unspecified atom stereocenters. The zero-order valence-corrected chi connectivity index (χ0v) is 22.0. The smallest absolute Gasteiger partial charge is 0.344 e. The van der Waals surface area contributed by atoms with E-state index in [4.69, 9.17) is 9.47 Å². The van der Waals surface area contributed by atoms with Crippen molar-refractivity contribution in [2.24, 2.45) is 4.99 Å². The lowest BCUT2D eigenvalue weighted by molar-refractivity contribution is -0.138. The standard InChI is InChI=1S/C29H28N2O5S/c1-5-35-28(33)20-12-14-23(15-13-20)31-18(3)16-21(19(31)4)17-24-26(32)25(29(34)36-6-2)27(37-24)30-22-10-8-7-9-11-22/h7-17,32H,5-6H2,1-4H3/b24-17-,30-27?. The summed E-state index contributed by atoms with van der Waals surface area (Å²) in [5, 5.41) is 11.4. The van der Waals surface area contributed by atoms with Gasteiger partial charge in [-0.1, -0.05) is 30.0 Å². The van der Waals surface area contributed by atoms with Crippen LogP contribution in [-0.2, 0) is 14.3 Å². The van der Waals surface area contributed by atoms with Gasteiger partial charge < -0.3 is 19.1 Å². The third kappa shape index (κ3) is 5.54. The molecule has 0 saturated heterocycles. The molecule has 190 valence electrons. The van der Waals surface area contributed by atoms with Crippen LogP contribution in [0.3, 0.4) is 0 Å². The Kier molecular flexibility index (Phi) is 7.98. The maximum absolute atomic E-state index is 12.7. The summed E-state index contributed by atoms with van der Waals surface area (Å²) < 4.78 is 12.3. The number of esters is 2. The van der Waals surface area contributed by atoms with E-state index in [1.54, 1.807) is 26.0 Å². The number of aryl methyl sites for hydroxylation is 1. The number of aliphatic hydroxyl groups excluding tert-OH is 1. The average Bonchev–Trinajstić information content (AvgIpc) is 3.34. The predicted molar refractivity (Wildman–Crippen MR) is 147 cm³/mol. The molecular formula is C29H28N2O5S. The van der Waals surface area contributed by atoms with Gasteiger partial charge in [0.25, 0.3) is 0 Å². The molecule has 0 radical (unpaired) electrons. The number of aromatic nitrogens is 1. The Morgan fingerprint density at radius 3 is 2.27 bits per heavy atom. The number of ether oxygens (including phenoxy) is 2. The lowest BCUT2D eigenvalue weighted by Crippen LogP contribution is -2.12. The summed E-state index contributed by atoms with van der Waals surface area (Å²) in [5.41, 5.74) is 4.91. The van der Waals surface area contributed by atoms with Crippen LogP contribution >= 0.6 is 11.8 Å². The van der Waals surface area contributed by atoms with Gasteiger partial charge in [-0.25, -0.2) is 14.6 Å². The zero-order chi connectivity index (χ0) is 26.5. The molecule has 1 aliphatic rings. The van der Waals surface area contributed by atoms with Crippen LogP contribution in [0.15, 0.2) is 81.9 Å². The summed E-state index contributed by atoms with van der Waals surface area (Å²) in [6.07, 6.45) is 1.85. The Labute approximate surface area is 220 Å². The van der Waals surface area contributed by atoms with Crippen molar-refractivity contribution in [3.05, 3.63) is 99.4 Å². The SMILES string of the molecule is CCOC(=O)C1=C(O)/C(=C/c2cc(C)n(-c3ccc(C(=O)OCC)cc3)c2C)SC1=Nc1ccccc1. The largest absolute Gasteiger partial charge is 0.506 e. The van der Waals surface area contributed by atoms with Gasteiger partial charge in [0.05, 0.1) is 29.4 Å². The zero-order valence-electron chi connectivity index (χ0n) is 21.1. The van der Waals surface area contributed by atoms with Gasteiger partial charge in [-0.3, -0.25) is 0 Å². The van der Waals surface area contributed by atoms with Crippen LogP contribution in [0.1, 0.15) is 41.2 Å². The first-order chi connectivity index (χ1) is 17.8. The highest BCUT2D eigenvalue weighted by atomic mass is 32.2. The molecule has 0 amide bonds. The summed E-state index contributed by atoms with van der Waals surface area (Å²) in [6, 6.07) is 18.5. The molecule has 1 N–H and O–H groups in total. The molecule has 2 heterocycles. The quantitative estimate of drug-likeness (QED) is 0.362. The maximum Gasteiger partial charge on any atom is 0.344 e. The number of hydrogen-bond acceptors (Lipinski definition) is 7. The highest BCUT2D eigenvalue weighted by Gasteiger charge is 2.33. The molecule has 3 aromatic rings. The van der Waals surface area contributed by atoms with E-state index < -0.39 is 5.97 Å². The van der Waals surface area contributed by atoms with Gasteiger partial charge in [0, 0.05) is 17.1 Å². The lowest BCUT2D eigenvalue weighted by atomic mass is 10.1. The average molecular weight is 517 g/mol. The van der Waals surface area contributed by atoms with Gasteiger partial charge in [0.1, 0.15) is 16.4 Å². The number of para-hydroxylation sites is 1. The number of nitrogens with zero attached hydrogens (tertiary/aromatic N) is 2. The van der Waals surface area contributed by atoms with Crippen LogP contribution in [0.25, 0.3) is 11.8 Å². The molecule has 0 spiro atoms. The van der Waals surface area contributed by atoms with E-state index in [2.05, 4.69) is 9.56 Å². The fourth-order valence-electron chi connectivity index (χ4n) is 4.04. The first-order valence-electron chi connectivity index (χ1n) is 11.9. The third-order valence-electron chi connectivity index (χ3n) is 5.75. The minimum Gasteiger partial charge on any atom is -0.506 e. The summed E-state index contributed by atoms with van der Waals surface area (Å²) in [7, 11) is 0. The second kappa shape index (κ2) is 11.3. The van der Waals surface area contributed by atoms with E-state index >= 15 is 0 Å². The molecule has 0 saturated carbocycles. The van der Waals surface area contributed by atoms with Crippen molar-refractivity contribution in [1.29, 1.82) is 0 Å². The highest BCUT2D eigenvalue weighted by molar-refractivity contribution is 8.18. The van der Waals surface area contributed by atoms with Crippen molar-refractivity contribution in [2.75, 3.05) is 13.2 Å². The summed E-state index contributed by atoms with van der Waals surface area (Å²) in [5.74, 6) is -1.12. The molecule has 1 aromatic heterocycles. The van der Waals surface area contributed by atoms with Crippen LogP contribution in [0.4, 0.5) is 5.69 Å². The van der Waals surface area contributed by atoms with E-state index in [-0.39, 0.29) is 23.9 Å². The molecule has 4 rings (SSSR count). The minimum absolute atomic E-state index is 0.0605. The van der Waals surface area contributed by atoms with Gasteiger partial charge in [0.2, 0.25) is 0 Å². The number of carbonyl (C=O) groups is 2. The van der Waals surface area contributed by atoms with Gasteiger partial charge >= 0.3 is 11.9 Å². The molecular weight excluding hydrogens is 488 g/mol. The Balaban J connectivity index is 1.71. The molecule has 0 atom stereocenters. The van der Waals surface area contributed by atoms with Crippen LogP contribution in [-0.4, -0.2) is 39.9 Å². The van der Waals surface area contributed by atoms with Crippen molar-refractivity contribution in [2.45, 2.75) is 27.7 Å². The van der Waals surface area contributed by atoms with Crippen LogP contribution in [0.2, 0.25) is 0 Å². The fourth-order valence-corrected chi connectivity index (χ4v) is 5.07. The molecule has 8 heteroatoms. The molecule has 7 nitrogen and oxygen atoms in total. The normalized spacial score (nSPS) is 15.5. The van der Waals surface area contributed by atoms with Crippen LogP contribution < -0.4 is 0 Å². The Morgan fingerprint density at radius 1 is 0.973 bits per heavy atom. The molecule has 1 aliphatic heterocycles. The fraction of sp³-hybridized carbons (Fsp3) is 0.207. The number of rotatable bonds is 7. The molecule has 37 heavy (non-hydrogen) atoms. The Morgan fingerprint density at radius 2 is 1.62 bits per heavy atom. The van der Waals surface area contributed by atoms with Crippen molar-refractivity contribution >= 4 is 40.5 Å². The monoisotopic (exact) mass is 516 g/mol. The highest BCUT2D eigenvalue weighted by Crippen LogP contribution is 2.41. The number of carbonyl (C=O) groups excluding carboxylic acids is 2. The number of aliphatic imine (C=N–C) groups is 1. The summed E-state index contributed by atoms with van der Waals surface area (Å²) in [4.78, 5) is 29.8. The Hall–Kier alpha value is -4.04. The van der Waals surface area contributed by atoms with Crippen molar-refractivity contribution < 1.29 is 24.2 Å². The number of aliphatic hydroxyl groups is 1. The van der Waals surface area contributed by atoms with E-state index in [1.807, 2.05) is 68.5 Å². The van der Waals surface area contributed by atoms with Gasteiger partial charge in [-0.05, 0) is 81.8 Å². The maximum atomic E-state index is 12.7. The van der Waals surface area contributed by atoms with Gasteiger partial charge in [0.15, 0.2) is 0 Å². The summed E-state index contributed by atoms with van der Waals surface area (Å²) >= 11 is 1.23. The number of thioether (sulfide) groups is 1. The number of hydrogen-bond donors (Lipinski definition) is 1. The first kappa shape index (κ1) is 26.0. The summed E-state index contributed by atoms with van der Waals surface area (Å²) in [6.45, 7) is 7.97. The minimum atomic E-state index is -0.613.